The van der Waals surface area contributed by atoms with Crippen LogP contribution in [-0.4, -0.2) is 49.0 Å². The number of benzene rings is 1. The second-order valence-electron chi connectivity index (χ2n) is 7.37. The van der Waals surface area contributed by atoms with Crippen molar-refractivity contribution in [2.75, 3.05) is 14.2 Å². The third-order valence-electron chi connectivity index (χ3n) is 5.78. The molecule has 2 amide bonds. The Bertz CT molecular complexity index is 817. The van der Waals surface area contributed by atoms with Crippen molar-refractivity contribution < 1.29 is 28.6 Å². The van der Waals surface area contributed by atoms with Gasteiger partial charge in [-0.15, -0.1) is 0 Å². The van der Waals surface area contributed by atoms with Gasteiger partial charge in [-0.25, -0.2) is 4.79 Å². The summed E-state index contributed by atoms with van der Waals surface area (Å²) in [6.45, 7) is 0. The number of hydrogen-bond donors (Lipinski definition) is 1. The van der Waals surface area contributed by atoms with Crippen LogP contribution in [0.3, 0.4) is 0 Å². The van der Waals surface area contributed by atoms with Crippen molar-refractivity contribution in [3.05, 3.63) is 23.3 Å². The van der Waals surface area contributed by atoms with Gasteiger partial charge in [-0.2, -0.15) is 0 Å². The van der Waals surface area contributed by atoms with E-state index in [2.05, 4.69) is 5.32 Å². The van der Waals surface area contributed by atoms with Gasteiger partial charge in [0.1, 0.15) is 11.6 Å². The van der Waals surface area contributed by atoms with Gasteiger partial charge in [0.25, 0.3) is 0 Å². The lowest BCUT2D eigenvalue weighted by Gasteiger charge is -2.30. The lowest BCUT2D eigenvalue weighted by Crippen LogP contribution is -2.48. The average Bonchev–Trinajstić information content (AvgIpc) is 3.40. The molecule has 0 radical (unpaired) electrons. The van der Waals surface area contributed by atoms with Crippen LogP contribution in [0.4, 0.5) is 0 Å². The summed E-state index contributed by atoms with van der Waals surface area (Å²) in [5.74, 6) is -0.298. The Morgan fingerprint density at radius 3 is 2.57 bits per heavy atom. The number of ether oxygens (including phenoxy) is 3. The predicted octanol–water partition coefficient (Wildman–Crippen LogP) is 1.92. The van der Waals surface area contributed by atoms with Crippen LogP contribution in [0, 0.1) is 0 Å². The van der Waals surface area contributed by atoms with Crippen LogP contribution in [-0.2, 0) is 14.3 Å². The van der Waals surface area contributed by atoms with Crippen molar-refractivity contribution in [3.63, 3.8) is 0 Å². The van der Waals surface area contributed by atoms with Gasteiger partial charge in [-0.1, -0.05) is 12.8 Å². The fourth-order valence-corrected chi connectivity index (χ4v) is 4.41. The van der Waals surface area contributed by atoms with E-state index in [1.54, 1.807) is 12.1 Å². The quantitative estimate of drug-likeness (QED) is 0.775. The molecule has 2 atom stereocenters. The summed E-state index contributed by atoms with van der Waals surface area (Å²) >= 11 is 0. The molecule has 1 aromatic carbocycles. The second-order valence-corrected chi connectivity index (χ2v) is 7.37. The molecule has 8 nitrogen and oxygen atoms in total. The number of esters is 1. The zero-order valence-corrected chi connectivity index (χ0v) is 16.0. The molecule has 0 aromatic heterocycles. The maximum absolute atomic E-state index is 12.8. The highest BCUT2D eigenvalue weighted by Crippen LogP contribution is 2.45. The van der Waals surface area contributed by atoms with E-state index in [9.17, 15) is 14.4 Å². The molecular weight excluding hydrogens is 364 g/mol. The standard InChI is InChI=1S/C20H24N2O6/c1-26-14-9-7-12-16(17(14)27-2)20(25)28-19(12)22-13(8-10-15(22)23)18(24)21-11-5-3-4-6-11/h7,9,11,13,19H,3-6,8,10H2,1-2H3,(H,21,24)/t13-,19+/m1/s1. The van der Waals surface area contributed by atoms with Gasteiger partial charge in [0.05, 0.1) is 14.2 Å². The first-order chi connectivity index (χ1) is 13.5. The SMILES string of the molecule is COc1ccc2c(c1OC)C(=O)O[C@@H]2N1C(=O)CC[C@@H]1C(=O)NC1CCCC1. The summed E-state index contributed by atoms with van der Waals surface area (Å²) < 4.78 is 16.1. The highest BCUT2D eigenvalue weighted by molar-refractivity contribution is 5.99. The maximum Gasteiger partial charge on any atom is 0.344 e. The molecular formula is C20H24N2O6. The lowest BCUT2D eigenvalue weighted by molar-refractivity contribution is -0.146. The Morgan fingerprint density at radius 2 is 1.89 bits per heavy atom. The monoisotopic (exact) mass is 388 g/mol. The maximum atomic E-state index is 12.8. The summed E-state index contributed by atoms with van der Waals surface area (Å²) in [7, 11) is 2.92. The highest BCUT2D eigenvalue weighted by atomic mass is 16.6. The van der Waals surface area contributed by atoms with Crippen molar-refractivity contribution in [1.29, 1.82) is 0 Å². The van der Waals surface area contributed by atoms with Crippen LogP contribution in [0.25, 0.3) is 0 Å². The van der Waals surface area contributed by atoms with Crippen molar-refractivity contribution in [1.82, 2.24) is 10.2 Å². The molecule has 0 unspecified atom stereocenters. The number of nitrogens with one attached hydrogen (secondary N) is 1. The largest absolute Gasteiger partial charge is 0.493 e. The Balaban J connectivity index is 1.64. The normalized spacial score (nSPS) is 24.3. The molecule has 2 aliphatic heterocycles. The molecule has 1 saturated heterocycles. The molecule has 28 heavy (non-hydrogen) atoms. The fourth-order valence-electron chi connectivity index (χ4n) is 4.41. The van der Waals surface area contributed by atoms with Crippen LogP contribution in [0.2, 0.25) is 0 Å². The fraction of sp³-hybridized carbons (Fsp3) is 0.550. The summed E-state index contributed by atoms with van der Waals surface area (Å²) in [5, 5.41) is 3.05. The van der Waals surface area contributed by atoms with Crippen molar-refractivity contribution >= 4 is 17.8 Å². The van der Waals surface area contributed by atoms with Gasteiger partial charge in [0, 0.05) is 18.0 Å². The van der Waals surface area contributed by atoms with Crippen LogP contribution in [0.15, 0.2) is 12.1 Å². The second kappa shape index (κ2) is 7.33. The number of cyclic esters (lactones) is 1. The lowest BCUT2D eigenvalue weighted by atomic mass is 10.0. The third-order valence-corrected chi connectivity index (χ3v) is 5.78. The minimum atomic E-state index is -0.934. The third kappa shape index (κ3) is 2.96. The number of amides is 2. The number of likely N-dealkylation sites (tertiary alicyclic amines) is 1. The van der Waals surface area contributed by atoms with E-state index in [1.807, 2.05) is 0 Å². The van der Waals surface area contributed by atoms with E-state index in [0.29, 0.717) is 17.7 Å². The molecule has 1 N–H and O–H groups in total. The van der Waals surface area contributed by atoms with Crippen molar-refractivity contribution in [2.24, 2.45) is 0 Å². The molecule has 3 aliphatic rings. The summed E-state index contributed by atoms with van der Waals surface area (Å²) in [4.78, 5) is 39.4. The first-order valence-corrected chi connectivity index (χ1v) is 9.62. The molecule has 8 heteroatoms. The van der Waals surface area contributed by atoms with E-state index < -0.39 is 18.2 Å². The number of methoxy groups -OCH3 is 2. The molecule has 2 fully saturated rings. The van der Waals surface area contributed by atoms with Crippen LogP contribution >= 0.6 is 0 Å². The summed E-state index contributed by atoms with van der Waals surface area (Å²) in [6, 6.07) is 2.86. The number of rotatable bonds is 5. The van der Waals surface area contributed by atoms with Gasteiger partial charge in [0.15, 0.2) is 11.5 Å². The number of carbonyl (C=O) groups is 3. The molecule has 150 valence electrons. The van der Waals surface area contributed by atoms with Gasteiger partial charge in [0.2, 0.25) is 18.0 Å². The predicted molar refractivity (Wildman–Crippen MR) is 98.0 cm³/mol. The first kappa shape index (κ1) is 18.6. The minimum absolute atomic E-state index is 0.160. The highest BCUT2D eigenvalue weighted by Gasteiger charge is 2.48. The van der Waals surface area contributed by atoms with E-state index in [-0.39, 0.29) is 35.6 Å². The Labute approximate surface area is 163 Å². The zero-order valence-electron chi connectivity index (χ0n) is 16.0. The van der Waals surface area contributed by atoms with E-state index in [4.69, 9.17) is 14.2 Å². The molecule has 1 aromatic rings. The molecule has 1 saturated carbocycles. The number of carbonyl (C=O) groups excluding carboxylic acids is 3. The van der Waals surface area contributed by atoms with Gasteiger partial charge >= 0.3 is 5.97 Å². The van der Waals surface area contributed by atoms with Gasteiger partial charge < -0.3 is 19.5 Å². The first-order valence-electron chi connectivity index (χ1n) is 9.62. The number of nitrogens with zero attached hydrogens (tertiary/aromatic N) is 1. The van der Waals surface area contributed by atoms with Gasteiger partial charge in [-0.3, -0.25) is 14.5 Å². The molecule has 0 spiro atoms. The van der Waals surface area contributed by atoms with E-state index in [1.165, 1.54) is 19.1 Å². The van der Waals surface area contributed by atoms with Crippen molar-refractivity contribution in [3.8, 4) is 11.5 Å². The average molecular weight is 388 g/mol. The molecule has 4 rings (SSSR count). The minimum Gasteiger partial charge on any atom is -0.493 e. The van der Waals surface area contributed by atoms with Crippen LogP contribution < -0.4 is 14.8 Å². The zero-order chi connectivity index (χ0) is 19.8. The smallest absolute Gasteiger partial charge is 0.344 e. The number of fused-ring (bicyclic) bond motifs is 1. The summed E-state index contributed by atoms with van der Waals surface area (Å²) in [5.41, 5.74) is 0.748. The topological polar surface area (TPSA) is 94.2 Å². The molecule has 1 aliphatic carbocycles. The summed E-state index contributed by atoms with van der Waals surface area (Å²) in [6.07, 6.45) is 3.86. The van der Waals surface area contributed by atoms with Crippen molar-refractivity contribution in [2.45, 2.75) is 56.8 Å². The molecule has 0 bridgehead atoms. The Morgan fingerprint density at radius 1 is 1.14 bits per heavy atom. The molecule has 2 heterocycles. The Kier molecular flexibility index (Phi) is 4.87. The van der Waals surface area contributed by atoms with E-state index in [0.717, 1.165) is 25.7 Å². The van der Waals surface area contributed by atoms with E-state index >= 15 is 0 Å². The van der Waals surface area contributed by atoms with Gasteiger partial charge in [-0.05, 0) is 31.4 Å². The number of hydrogen-bond acceptors (Lipinski definition) is 6. The van der Waals surface area contributed by atoms with Crippen LogP contribution in [0.5, 0.6) is 11.5 Å². The Hall–Kier alpha value is -2.77. The van der Waals surface area contributed by atoms with Crippen LogP contribution in [0.1, 0.15) is 60.7 Å².